The maximum absolute atomic E-state index is 11.0. The maximum atomic E-state index is 11.0. The summed E-state index contributed by atoms with van der Waals surface area (Å²) in [5, 5.41) is 11.0. The highest BCUT2D eigenvalue weighted by Crippen LogP contribution is 2.31. The molecular formula is C18H29N3O. The zero-order chi connectivity index (χ0) is 15.7. The molecule has 1 aliphatic carbocycles. The second-order valence-corrected chi connectivity index (χ2v) is 7.49. The third kappa shape index (κ3) is 3.61. The number of nitrogens with zero attached hydrogens (tertiary/aromatic N) is 3. The Kier molecular flexibility index (Phi) is 4.42. The van der Waals surface area contributed by atoms with Gasteiger partial charge in [-0.3, -0.25) is 4.98 Å². The highest BCUT2D eigenvalue weighted by molar-refractivity contribution is 5.46. The van der Waals surface area contributed by atoms with E-state index in [-0.39, 0.29) is 0 Å². The number of hydrogen-bond donors (Lipinski definition) is 1. The lowest BCUT2D eigenvalue weighted by Crippen LogP contribution is -2.54. The molecule has 1 atom stereocenters. The fourth-order valence-electron chi connectivity index (χ4n) is 3.50. The first-order valence-corrected chi connectivity index (χ1v) is 8.60. The Hall–Kier alpha value is -1.13. The molecule has 0 bridgehead atoms. The average Bonchev–Trinajstić information content (AvgIpc) is 3.31. The minimum atomic E-state index is -0.591. The third-order valence-electron chi connectivity index (χ3n) is 5.00. The van der Waals surface area contributed by atoms with Crippen LogP contribution >= 0.6 is 0 Å². The molecule has 1 unspecified atom stereocenters. The van der Waals surface area contributed by atoms with Crippen molar-refractivity contribution in [2.45, 2.75) is 57.1 Å². The SMILES string of the molecule is CC(C)c1ccc(N2CCCC(O)(CN(C)C3CC3)C2)cn1. The van der Waals surface area contributed by atoms with E-state index in [0.29, 0.717) is 18.5 Å². The van der Waals surface area contributed by atoms with Crippen LogP contribution in [0.2, 0.25) is 0 Å². The Bertz CT molecular complexity index is 498. The van der Waals surface area contributed by atoms with Crippen molar-refractivity contribution in [1.82, 2.24) is 9.88 Å². The van der Waals surface area contributed by atoms with Crippen molar-refractivity contribution in [2.75, 3.05) is 31.6 Å². The summed E-state index contributed by atoms with van der Waals surface area (Å²) >= 11 is 0. The molecule has 1 aliphatic heterocycles. The van der Waals surface area contributed by atoms with Gasteiger partial charge in [0.25, 0.3) is 0 Å². The molecule has 0 amide bonds. The van der Waals surface area contributed by atoms with Gasteiger partial charge in [-0.2, -0.15) is 0 Å². The van der Waals surface area contributed by atoms with Crippen molar-refractivity contribution in [3.05, 3.63) is 24.0 Å². The summed E-state index contributed by atoms with van der Waals surface area (Å²) in [6, 6.07) is 4.97. The van der Waals surface area contributed by atoms with Gasteiger partial charge in [-0.1, -0.05) is 13.8 Å². The molecule has 0 spiro atoms. The molecular weight excluding hydrogens is 274 g/mol. The standard InChI is InChI=1S/C18H29N3O/c1-14(2)17-8-7-16(11-19-17)21-10-4-9-18(22,13-21)12-20(3)15-5-6-15/h7-8,11,14-15,22H,4-6,9-10,12-13H2,1-3H3. The molecule has 1 aromatic rings. The Morgan fingerprint density at radius 3 is 2.77 bits per heavy atom. The first-order valence-electron chi connectivity index (χ1n) is 8.60. The van der Waals surface area contributed by atoms with Gasteiger partial charge in [0.15, 0.2) is 0 Å². The Morgan fingerprint density at radius 1 is 1.41 bits per heavy atom. The molecule has 0 radical (unpaired) electrons. The number of likely N-dealkylation sites (N-methyl/N-ethyl adjacent to an activating group) is 1. The van der Waals surface area contributed by atoms with Crippen molar-refractivity contribution in [3.63, 3.8) is 0 Å². The summed E-state index contributed by atoms with van der Waals surface area (Å²) in [5.41, 5.74) is 1.67. The molecule has 1 aromatic heterocycles. The Balaban J connectivity index is 1.66. The molecule has 1 saturated carbocycles. The minimum Gasteiger partial charge on any atom is -0.387 e. The van der Waals surface area contributed by atoms with Crippen molar-refractivity contribution in [2.24, 2.45) is 0 Å². The van der Waals surface area contributed by atoms with E-state index in [1.165, 1.54) is 12.8 Å². The number of anilines is 1. The Morgan fingerprint density at radius 2 is 2.18 bits per heavy atom. The molecule has 2 aliphatic rings. The zero-order valence-corrected chi connectivity index (χ0v) is 14.1. The summed E-state index contributed by atoms with van der Waals surface area (Å²) < 4.78 is 0. The fourth-order valence-corrected chi connectivity index (χ4v) is 3.50. The minimum absolute atomic E-state index is 0.458. The van der Waals surface area contributed by atoms with Crippen LogP contribution in [-0.2, 0) is 0 Å². The second kappa shape index (κ2) is 6.17. The van der Waals surface area contributed by atoms with Crippen molar-refractivity contribution < 1.29 is 5.11 Å². The van der Waals surface area contributed by atoms with Gasteiger partial charge in [0.1, 0.15) is 0 Å². The quantitative estimate of drug-likeness (QED) is 0.908. The van der Waals surface area contributed by atoms with Gasteiger partial charge >= 0.3 is 0 Å². The molecule has 2 heterocycles. The summed E-state index contributed by atoms with van der Waals surface area (Å²) in [4.78, 5) is 9.20. The first kappa shape index (κ1) is 15.8. The smallest absolute Gasteiger partial charge is 0.0948 e. The van der Waals surface area contributed by atoms with E-state index >= 15 is 0 Å². The number of β-amino-alcohol motifs (C(OH)–C–C–N with tert-alkyl or cyclic N) is 1. The summed E-state index contributed by atoms with van der Waals surface area (Å²) in [5.74, 6) is 0.458. The largest absolute Gasteiger partial charge is 0.387 e. The van der Waals surface area contributed by atoms with Gasteiger partial charge in [0.05, 0.1) is 17.5 Å². The predicted molar refractivity (Wildman–Crippen MR) is 90.4 cm³/mol. The van der Waals surface area contributed by atoms with Crippen LogP contribution in [0.25, 0.3) is 0 Å². The van der Waals surface area contributed by atoms with Gasteiger partial charge < -0.3 is 14.9 Å². The monoisotopic (exact) mass is 303 g/mol. The number of pyridine rings is 1. The summed E-state index contributed by atoms with van der Waals surface area (Å²) in [6.45, 7) is 6.83. The lowest BCUT2D eigenvalue weighted by molar-refractivity contribution is -0.00343. The van der Waals surface area contributed by atoms with E-state index in [0.717, 1.165) is 37.3 Å². The van der Waals surface area contributed by atoms with E-state index in [2.05, 4.69) is 47.8 Å². The van der Waals surface area contributed by atoms with Gasteiger partial charge in [0, 0.05) is 31.4 Å². The molecule has 122 valence electrons. The van der Waals surface area contributed by atoms with Crippen molar-refractivity contribution in [3.8, 4) is 0 Å². The fraction of sp³-hybridized carbons (Fsp3) is 0.722. The van der Waals surface area contributed by atoms with E-state index in [1.807, 2.05) is 6.20 Å². The highest BCUT2D eigenvalue weighted by Gasteiger charge is 2.37. The third-order valence-corrected chi connectivity index (χ3v) is 5.00. The predicted octanol–water partition coefficient (Wildman–Crippen LogP) is 2.63. The van der Waals surface area contributed by atoms with E-state index in [1.54, 1.807) is 0 Å². The topological polar surface area (TPSA) is 39.6 Å². The average molecular weight is 303 g/mol. The first-order chi connectivity index (χ1) is 10.5. The van der Waals surface area contributed by atoms with Crippen LogP contribution in [0.1, 0.15) is 51.1 Å². The number of rotatable bonds is 5. The lowest BCUT2D eigenvalue weighted by Gasteiger charge is -2.42. The van der Waals surface area contributed by atoms with Crippen LogP contribution in [0, 0.1) is 0 Å². The lowest BCUT2D eigenvalue weighted by atomic mass is 9.92. The molecule has 1 N–H and O–H groups in total. The van der Waals surface area contributed by atoms with Crippen LogP contribution in [0.5, 0.6) is 0 Å². The summed E-state index contributed by atoms with van der Waals surface area (Å²) in [7, 11) is 2.15. The van der Waals surface area contributed by atoms with Gasteiger partial charge in [-0.05, 0) is 50.8 Å². The van der Waals surface area contributed by atoms with Gasteiger partial charge in [-0.25, -0.2) is 0 Å². The molecule has 2 fully saturated rings. The second-order valence-electron chi connectivity index (χ2n) is 7.49. The van der Waals surface area contributed by atoms with Crippen LogP contribution in [-0.4, -0.2) is 53.3 Å². The normalized spacial score (nSPS) is 26.0. The number of aromatic nitrogens is 1. The van der Waals surface area contributed by atoms with E-state index in [4.69, 9.17) is 0 Å². The van der Waals surface area contributed by atoms with Crippen LogP contribution in [0.15, 0.2) is 18.3 Å². The van der Waals surface area contributed by atoms with E-state index in [9.17, 15) is 5.11 Å². The molecule has 22 heavy (non-hydrogen) atoms. The molecule has 0 aromatic carbocycles. The number of piperidine rings is 1. The number of aliphatic hydroxyl groups is 1. The van der Waals surface area contributed by atoms with Crippen molar-refractivity contribution in [1.29, 1.82) is 0 Å². The van der Waals surface area contributed by atoms with Gasteiger partial charge in [-0.15, -0.1) is 0 Å². The molecule has 3 rings (SSSR count). The van der Waals surface area contributed by atoms with Crippen LogP contribution < -0.4 is 4.90 Å². The highest BCUT2D eigenvalue weighted by atomic mass is 16.3. The molecule has 4 nitrogen and oxygen atoms in total. The van der Waals surface area contributed by atoms with Crippen LogP contribution in [0.4, 0.5) is 5.69 Å². The maximum Gasteiger partial charge on any atom is 0.0948 e. The molecule has 1 saturated heterocycles. The van der Waals surface area contributed by atoms with Gasteiger partial charge in [0.2, 0.25) is 0 Å². The van der Waals surface area contributed by atoms with Crippen LogP contribution in [0.3, 0.4) is 0 Å². The van der Waals surface area contributed by atoms with E-state index < -0.39 is 5.60 Å². The van der Waals surface area contributed by atoms with Crippen molar-refractivity contribution >= 4 is 5.69 Å². The molecule has 4 heteroatoms. The summed E-state index contributed by atoms with van der Waals surface area (Å²) in [6.07, 6.45) is 6.48. The number of hydrogen-bond acceptors (Lipinski definition) is 4. The Labute approximate surface area is 134 Å². The zero-order valence-electron chi connectivity index (χ0n) is 14.1.